The second-order valence-electron chi connectivity index (χ2n) is 5.66. The SMILES string of the molecule is N#C[C@@H]1CC(F)CN1C(=O)CNC(=O)c1cccc2c[c-]ccc12.[Cs+]. The first-order chi connectivity index (χ1) is 11.6. The van der Waals surface area contributed by atoms with Gasteiger partial charge in [-0.1, -0.05) is 12.1 Å². The van der Waals surface area contributed by atoms with Crippen LogP contribution in [0.5, 0.6) is 0 Å². The van der Waals surface area contributed by atoms with Crippen molar-refractivity contribution < 1.29 is 82.9 Å². The maximum atomic E-state index is 13.4. The van der Waals surface area contributed by atoms with Crippen molar-refractivity contribution in [1.29, 1.82) is 5.26 Å². The standard InChI is InChI=1S/C18H15FN3O2.Cs/c19-13-8-14(9-20)22(11-13)17(23)10-21-18(24)16-7-3-5-12-4-1-2-6-15(12)16;/h2-7,13-14H,8,10-11H2,(H,21,24);/q-1;+1/t13?,14-;/m0./s1. The third-order valence-electron chi connectivity index (χ3n) is 4.09. The van der Waals surface area contributed by atoms with Crippen molar-refractivity contribution >= 4 is 22.6 Å². The van der Waals surface area contributed by atoms with Crippen LogP contribution in [0, 0.1) is 17.4 Å². The normalized spacial score (nSPS) is 19.1. The summed E-state index contributed by atoms with van der Waals surface area (Å²) in [5, 5.41) is 13.2. The average Bonchev–Trinajstić information content (AvgIpc) is 3.00. The largest absolute Gasteiger partial charge is 1.00 e. The summed E-state index contributed by atoms with van der Waals surface area (Å²) < 4.78 is 13.4. The molecule has 2 atom stereocenters. The summed E-state index contributed by atoms with van der Waals surface area (Å²) in [5.74, 6) is -0.840. The number of carbonyl (C=O) groups is 2. The molecule has 2 amide bonds. The van der Waals surface area contributed by atoms with Crippen molar-refractivity contribution in [3.8, 4) is 6.07 Å². The number of carbonyl (C=O) groups excluding carboxylic acids is 2. The molecule has 0 aromatic heterocycles. The van der Waals surface area contributed by atoms with Gasteiger partial charge in [-0.25, -0.2) is 4.39 Å². The molecule has 1 aliphatic heterocycles. The van der Waals surface area contributed by atoms with Gasteiger partial charge >= 0.3 is 68.9 Å². The van der Waals surface area contributed by atoms with Crippen LogP contribution in [0.25, 0.3) is 10.8 Å². The number of nitrogens with one attached hydrogen (secondary N) is 1. The number of likely N-dealkylation sites (tertiary alicyclic amines) is 1. The summed E-state index contributed by atoms with van der Waals surface area (Å²) in [6.45, 7) is -0.365. The average molecular weight is 457 g/mol. The molecule has 1 fully saturated rings. The summed E-state index contributed by atoms with van der Waals surface area (Å²) in [6.07, 6.45) is -1.17. The molecule has 1 N–H and O–H groups in total. The monoisotopic (exact) mass is 457 g/mol. The van der Waals surface area contributed by atoms with E-state index in [0.717, 1.165) is 10.8 Å². The van der Waals surface area contributed by atoms with E-state index in [-0.39, 0.29) is 94.3 Å². The Balaban J connectivity index is 0.00000225. The van der Waals surface area contributed by atoms with Crippen molar-refractivity contribution in [3.63, 3.8) is 0 Å². The second-order valence-corrected chi connectivity index (χ2v) is 5.66. The van der Waals surface area contributed by atoms with Gasteiger partial charge in [0.1, 0.15) is 12.2 Å². The molecular formula is C18H15CsFN3O2. The van der Waals surface area contributed by atoms with Gasteiger partial charge in [0.25, 0.3) is 0 Å². The first kappa shape index (κ1) is 20.4. The van der Waals surface area contributed by atoms with Crippen LogP contribution in [0.1, 0.15) is 16.8 Å². The van der Waals surface area contributed by atoms with Gasteiger partial charge in [0, 0.05) is 12.0 Å². The van der Waals surface area contributed by atoms with Gasteiger partial charge in [-0.05, 0) is 0 Å². The van der Waals surface area contributed by atoms with Crippen LogP contribution in [0.4, 0.5) is 4.39 Å². The summed E-state index contributed by atoms with van der Waals surface area (Å²) in [6, 6.07) is 14.7. The van der Waals surface area contributed by atoms with Crippen molar-refractivity contribution in [2.75, 3.05) is 13.1 Å². The van der Waals surface area contributed by atoms with Crippen LogP contribution in [0.15, 0.2) is 36.4 Å². The van der Waals surface area contributed by atoms with Crippen molar-refractivity contribution in [2.24, 2.45) is 0 Å². The second kappa shape index (κ2) is 9.17. The van der Waals surface area contributed by atoms with E-state index >= 15 is 0 Å². The number of halogens is 1. The summed E-state index contributed by atoms with van der Waals surface area (Å²) >= 11 is 0. The first-order valence-corrected chi connectivity index (χ1v) is 7.60. The maximum absolute atomic E-state index is 13.4. The van der Waals surface area contributed by atoms with E-state index in [9.17, 15) is 14.0 Å². The Labute approximate surface area is 204 Å². The van der Waals surface area contributed by atoms with Crippen LogP contribution in [0.3, 0.4) is 0 Å². The Morgan fingerprint density at radius 3 is 2.96 bits per heavy atom. The number of hydrogen-bond donors (Lipinski definition) is 1. The van der Waals surface area contributed by atoms with E-state index in [4.69, 9.17) is 5.26 Å². The predicted molar refractivity (Wildman–Crippen MR) is 85.7 cm³/mol. The molecule has 1 unspecified atom stereocenters. The molecule has 25 heavy (non-hydrogen) atoms. The fourth-order valence-corrected chi connectivity index (χ4v) is 2.90. The number of nitrogens with zero attached hydrogens (tertiary/aromatic N) is 2. The maximum Gasteiger partial charge on any atom is 1.00 e. The van der Waals surface area contributed by atoms with Crippen LogP contribution >= 0.6 is 0 Å². The molecule has 7 heteroatoms. The van der Waals surface area contributed by atoms with Crippen molar-refractivity contribution in [1.82, 2.24) is 10.2 Å². The third kappa shape index (κ3) is 4.64. The molecule has 0 spiro atoms. The van der Waals surface area contributed by atoms with Crippen LogP contribution < -0.4 is 74.2 Å². The molecule has 2 aromatic rings. The Morgan fingerprint density at radius 1 is 1.40 bits per heavy atom. The molecule has 3 rings (SSSR count). The smallest absolute Gasteiger partial charge is 0.343 e. The molecule has 1 aliphatic rings. The molecule has 0 radical (unpaired) electrons. The molecule has 1 saturated heterocycles. The van der Waals surface area contributed by atoms with Gasteiger partial charge < -0.3 is 10.2 Å². The molecule has 1 heterocycles. The quantitative estimate of drug-likeness (QED) is 0.592. The van der Waals surface area contributed by atoms with E-state index in [1.54, 1.807) is 30.3 Å². The number of benzene rings is 2. The van der Waals surface area contributed by atoms with E-state index in [1.165, 1.54) is 4.90 Å². The summed E-state index contributed by atoms with van der Waals surface area (Å²) in [4.78, 5) is 25.7. The van der Waals surface area contributed by atoms with Crippen LogP contribution in [-0.2, 0) is 4.79 Å². The van der Waals surface area contributed by atoms with E-state index in [1.807, 2.05) is 12.1 Å². The number of fused-ring (bicyclic) bond motifs is 1. The van der Waals surface area contributed by atoms with Gasteiger partial charge in [0.2, 0.25) is 11.8 Å². The Kier molecular flexibility index (Phi) is 7.49. The number of alkyl halides is 1. The minimum absolute atomic E-state index is 0. The van der Waals surface area contributed by atoms with Crippen molar-refractivity contribution in [3.05, 3.63) is 48.0 Å². The fraction of sp³-hybridized carbons (Fsp3) is 0.278. The number of nitriles is 1. The van der Waals surface area contributed by atoms with Gasteiger partial charge in [0.05, 0.1) is 19.2 Å². The zero-order chi connectivity index (χ0) is 17.1. The molecule has 0 aliphatic carbocycles. The molecule has 122 valence electrons. The van der Waals surface area contributed by atoms with Crippen LogP contribution in [0.2, 0.25) is 0 Å². The summed E-state index contributed by atoms with van der Waals surface area (Å²) in [7, 11) is 0. The Bertz CT molecular complexity index is 831. The zero-order valence-electron chi connectivity index (χ0n) is 13.8. The van der Waals surface area contributed by atoms with E-state index in [0.29, 0.717) is 5.56 Å². The number of hydrogen-bond acceptors (Lipinski definition) is 3. The van der Waals surface area contributed by atoms with E-state index < -0.39 is 18.1 Å². The molecular weight excluding hydrogens is 442 g/mol. The minimum atomic E-state index is -1.19. The van der Waals surface area contributed by atoms with Gasteiger partial charge in [0.15, 0.2) is 0 Å². The number of rotatable bonds is 3. The van der Waals surface area contributed by atoms with Gasteiger partial charge in [-0.15, -0.1) is 16.8 Å². The minimum Gasteiger partial charge on any atom is -0.343 e. The van der Waals surface area contributed by atoms with Crippen molar-refractivity contribution in [2.45, 2.75) is 18.6 Å². The predicted octanol–water partition coefficient (Wildman–Crippen LogP) is -1.16. The Hall–Kier alpha value is -0.888. The fourth-order valence-electron chi connectivity index (χ4n) is 2.90. The molecule has 5 nitrogen and oxygen atoms in total. The van der Waals surface area contributed by atoms with E-state index in [2.05, 4.69) is 11.4 Å². The summed E-state index contributed by atoms with van der Waals surface area (Å²) in [5.41, 5.74) is 0.455. The van der Waals surface area contributed by atoms with Gasteiger partial charge in [-0.2, -0.15) is 29.5 Å². The number of amides is 2. The Morgan fingerprint density at radius 2 is 2.20 bits per heavy atom. The third-order valence-corrected chi connectivity index (χ3v) is 4.09. The molecule has 0 saturated carbocycles. The van der Waals surface area contributed by atoms with Gasteiger partial charge in [-0.3, -0.25) is 9.59 Å². The molecule has 0 bridgehead atoms. The molecule has 2 aromatic carbocycles. The first-order valence-electron chi connectivity index (χ1n) is 7.60. The topological polar surface area (TPSA) is 73.2 Å². The zero-order valence-corrected chi connectivity index (χ0v) is 20.1. The van der Waals surface area contributed by atoms with Crippen LogP contribution in [-0.4, -0.2) is 42.0 Å².